The number of hydrogen-bond acceptors (Lipinski definition) is 8. The second kappa shape index (κ2) is 9.47. The number of ether oxygens (including phenoxy) is 4. The molecule has 0 saturated heterocycles. The quantitative estimate of drug-likeness (QED) is 0.340. The maximum Gasteiger partial charge on any atom is 0.291 e. The summed E-state index contributed by atoms with van der Waals surface area (Å²) >= 11 is 1.26. The number of thiazole rings is 1. The van der Waals surface area contributed by atoms with Gasteiger partial charge >= 0.3 is 0 Å². The number of methoxy groups -OCH3 is 3. The second-order valence-corrected chi connectivity index (χ2v) is 8.46. The summed E-state index contributed by atoms with van der Waals surface area (Å²) in [5.41, 5.74) is 1.24. The van der Waals surface area contributed by atoms with Crippen LogP contribution in [0, 0.1) is 0 Å². The van der Waals surface area contributed by atoms with E-state index in [1.54, 1.807) is 18.2 Å². The van der Waals surface area contributed by atoms with Crippen molar-refractivity contribution in [2.75, 3.05) is 21.3 Å². The Balaban J connectivity index is 1.49. The third kappa shape index (κ3) is 4.41. The Morgan fingerprint density at radius 2 is 1.57 bits per heavy atom. The number of aromatic nitrogens is 3. The zero-order valence-electron chi connectivity index (χ0n) is 19.2. The smallest absolute Gasteiger partial charge is 0.291 e. The van der Waals surface area contributed by atoms with Gasteiger partial charge in [0.1, 0.15) is 11.5 Å². The molecule has 176 valence electrons. The predicted octanol–water partition coefficient (Wildman–Crippen LogP) is 4.18. The molecule has 0 aliphatic heterocycles. The molecule has 0 bridgehead atoms. The Labute approximate surface area is 204 Å². The highest BCUT2D eigenvalue weighted by Gasteiger charge is 2.18. The predicted molar refractivity (Wildman–Crippen MR) is 134 cm³/mol. The van der Waals surface area contributed by atoms with Gasteiger partial charge in [0.05, 0.1) is 25.9 Å². The number of nitrogens with zero attached hydrogens (tertiary/aromatic N) is 3. The molecule has 5 aromatic rings. The topological polar surface area (TPSA) is 84.2 Å². The maximum absolute atomic E-state index is 13.0. The number of benzene rings is 3. The molecule has 0 amide bonds. The first kappa shape index (κ1) is 22.4. The molecule has 3 aromatic carbocycles. The molecule has 0 atom stereocenters. The Morgan fingerprint density at radius 3 is 2.23 bits per heavy atom. The average molecular weight is 488 g/mol. The molecule has 0 saturated carbocycles. The molecule has 0 N–H and O–H groups in total. The van der Waals surface area contributed by atoms with E-state index in [1.807, 2.05) is 54.6 Å². The molecule has 35 heavy (non-hydrogen) atoms. The highest BCUT2D eigenvalue weighted by atomic mass is 32.1. The van der Waals surface area contributed by atoms with Crippen LogP contribution in [-0.4, -0.2) is 35.9 Å². The number of para-hydroxylation sites is 1. The van der Waals surface area contributed by atoms with Crippen LogP contribution in [0.25, 0.3) is 22.4 Å². The fourth-order valence-electron chi connectivity index (χ4n) is 3.61. The van der Waals surface area contributed by atoms with Crippen LogP contribution in [0.5, 0.6) is 28.7 Å². The molecule has 2 heterocycles. The van der Waals surface area contributed by atoms with E-state index in [9.17, 15) is 4.79 Å². The van der Waals surface area contributed by atoms with Crippen LogP contribution in [0.3, 0.4) is 0 Å². The van der Waals surface area contributed by atoms with Crippen molar-refractivity contribution in [3.8, 4) is 40.1 Å². The second-order valence-electron chi connectivity index (χ2n) is 7.45. The molecule has 0 unspecified atom stereocenters. The molecule has 5 rings (SSSR count). The molecule has 0 fully saturated rings. The lowest BCUT2D eigenvalue weighted by Gasteiger charge is -2.12. The number of hydrogen-bond donors (Lipinski definition) is 0. The Kier molecular flexibility index (Phi) is 6.07. The van der Waals surface area contributed by atoms with E-state index in [0.29, 0.717) is 43.9 Å². The van der Waals surface area contributed by atoms with Crippen LogP contribution in [0.4, 0.5) is 0 Å². The van der Waals surface area contributed by atoms with Crippen molar-refractivity contribution in [3.63, 3.8) is 0 Å². The third-order valence-electron chi connectivity index (χ3n) is 5.24. The summed E-state index contributed by atoms with van der Waals surface area (Å²) in [4.78, 5) is 18.1. The highest BCUT2D eigenvalue weighted by molar-refractivity contribution is 7.15. The molecule has 0 spiro atoms. The van der Waals surface area contributed by atoms with Gasteiger partial charge in [-0.2, -0.15) is 9.50 Å². The summed E-state index contributed by atoms with van der Waals surface area (Å²) in [6, 6.07) is 20.6. The van der Waals surface area contributed by atoms with E-state index in [1.165, 1.54) is 37.2 Å². The third-order valence-corrected chi connectivity index (χ3v) is 6.20. The molecule has 0 aliphatic carbocycles. The van der Waals surface area contributed by atoms with Crippen molar-refractivity contribution < 1.29 is 18.9 Å². The fourth-order valence-corrected chi connectivity index (χ4v) is 4.52. The zero-order chi connectivity index (χ0) is 24.4. The van der Waals surface area contributed by atoms with Gasteiger partial charge < -0.3 is 18.9 Å². The van der Waals surface area contributed by atoms with Crippen LogP contribution in [-0.2, 0) is 0 Å². The van der Waals surface area contributed by atoms with Crippen LogP contribution in [0.2, 0.25) is 0 Å². The standard InChI is InChI=1S/C26H21N3O5S/c1-31-20-14-17(15-21(32-2)23(20)33-3)24-27-26-29(28-24)25(30)22(35-26)13-16-8-7-11-19(12-16)34-18-9-5-4-6-10-18/h4-15H,1-3H3. The normalized spacial score (nSPS) is 11.6. The Bertz CT molecular complexity index is 1590. The molecular weight excluding hydrogens is 466 g/mol. The average Bonchev–Trinajstić information content (AvgIpc) is 3.43. The Hall–Kier alpha value is -4.37. The maximum atomic E-state index is 13.0. The van der Waals surface area contributed by atoms with Crippen molar-refractivity contribution in [1.29, 1.82) is 0 Å². The molecular formula is C26H21N3O5S. The van der Waals surface area contributed by atoms with E-state index in [4.69, 9.17) is 18.9 Å². The lowest BCUT2D eigenvalue weighted by molar-refractivity contribution is 0.324. The first-order chi connectivity index (χ1) is 17.1. The van der Waals surface area contributed by atoms with Gasteiger partial charge in [-0.1, -0.05) is 41.7 Å². The monoisotopic (exact) mass is 487 g/mol. The van der Waals surface area contributed by atoms with Crippen LogP contribution < -0.4 is 29.0 Å². The van der Waals surface area contributed by atoms with Gasteiger partial charge in [0, 0.05) is 5.56 Å². The van der Waals surface area contributed by atoms with Crippen LogP contribution >= 0.6 is 11.3 Å². The van der Waals surface area contributed by atoms with Crippen LogP contribution in [0.15, 0.2) is 71.5 Å². The van der Waals surface area contributed by atoms with Crippen molar-refractivity contribution in [1.82, 2.24) is 14.6 Å². The Morgan fingerprint density at radius 1 is 0.857 bits per heavy atom. The zero-order valence-corrected chi connectivity index (χ0v) is 20.0. The minimum Gasteiger partial charge on any atom is -0.493 e. The summed E-state index contributed by atoms with van der Waals surface area (Å²) < 4.78 is 23.9. The van der Waals surface area contributed by atoms with E-state index in [0.717, 1.165) is 11.3 Å². The first-order valence-electron chi connectivity index (χ1n) is 10.6. The molecule has 8 nitrogen and oxygen atoms in total. The first-order valence-corrected chi connectivity index (χ1v) is 11.5. The van der Waals surface area contributed by atoms with Gasteiger partial charge in [-0.05, 0) is 48.0 Å². The van der Waals surface area contributed by atoms with Gasteiger partial charge in [-0.3, -0.25) is 4.79 Å². The fraction of sp³-hybridized carbons (Fsp3) is 0.115. The van der Waals surface area contributed by atoms with Crippen molar-refractivity contribution >= 4 is 22.4 Å². The molecule has 0 aliphatic rings. The van der Waals surface area contributed by atoms with Crippen LogP contribution in [0.1, 0.15) is 5.56 Å². The lowest BCUT2D eigenvalue weighted by Crippen LogP contribution is -2.23. The number of fused-ring (bicyclic) bond motifs is 1. The summed E-state index contributed by atoms with van der Waals surface area (Å²) in [6.07, 6.45) is 1.81. The largest absolute Gasteiger partial charge is 0.493 e. The van der Waals surface area contributed by atoms with Gasteiger partial charge in [-0.25, -0.2) is 0 Å². The SMILES string of the molecule is COc1cc(-c2nc3sc(=Cc4cccc(Oc5ccccc5)c4)c(=O)n3n2)cc(OC)c1OC. The van der Waals surface area contributed by atoms with Gasteiger partial charge in [0.2, 0.25) is 10.7 Å². The summed E-state index contributed by atoms with van der Waals surface area (Å²) in [5, 5.41) is 4.43. The van der Waals surface area contributed by atoms with Gasteiger partial charge in [0.25, 0.3) is 5.56 Å². The summed E-state index contributed by atoms with van der Waals surface area (Å²) in [7, 11) is 4.62. The van der Waals surface area contributed by atoms with Crippen molar-refractivity contribution in [2.45, 2.75) is 0 Å². The van der Waals surface area contributed by atoms with Gasteiger partial charge in [0.15, 0.2) is 17.3 Å². The van der Waals surface area contributed by atoms with Gasteiger partial charge in [-0.15, -0.1) is 5.10 Å². The van der Waals surface area contributed by atoms with E-state index < -0.39 is 0 Å². The molecule has 9 heteroatoms. The molecule has 0 radical (unpaired) electrons. The van der Waals surface area contributed by atoms with E-state index in [2.05, 4.69) is 10.1 Å². The summed E-state index contributed by atoms with van der Waals surface area (Å²) in [5.74, 6) is 3.24. The van der Waals surface area contributed by atoms with E-state index >= 15 is 0 Å². The highest BCUT2D eigenvalue weighted by Crippen LogP contribution is 2.40. The van der Waals surface area contributed by atoms with Crippen molar-refractivity contribution in [2.24, 2.45) is 0 Å². The minimum atomic E-state index is -0.245. The minimum absolute atomic E-state index is 0.245. The van der Waals surface area contributed by atoms with Crippen molar-refractivity contribution in [3.05, 3.63) is 87.2 Å². The summed E-state index contributed by atoms with van der Waals surface area (Å²) in [6.45, 7) is 0. The molecule has 2 aromatic heterocycles. The number of rotatable bonds is 7. The van der Waals surface area contributed by atoms with E-state index in [-0.39, 0.29) is 5.56 Å². The lowest BCUT2D eigenvalue weighted by atomic mass is 10.1.